The van der Waals surface area contributed by atoms with E-state index in [-0.39, 0.29) is 17.2 Å². The monoisotopic (exact) mass is 299 g/mol. The molecule has 0 spiro atoms. The van der Waals surface area contributed by atoms with E-state index in [2.05, 4.69) is 9.73 Å². The molecule has 21 heavy (non-hydrogen) atoms. The Bertz CT molecular complexity index is 660. The molecule has 1 fully saturated rings. The second kappa shape index (κ2) is 4.37. The van der Waals surface area contributed by atoms with Crippen molar-refractivity contribution in [2.75, 3.05) is 13.7 Å². The van der Waals surface area contributed by atoms with Crippen molar-refractivity contribution >= 4 is 17.6 Å². The first-order chi connectivity index (χ1) is 9.82. The minimum atomic E-state index is -2.91. The minimum Gasteiger partial charge on any atom is -0.465 e. The van der Waals surface area contributed by atoms with E-state index in [1.54, 1.807) is 0 Å². The molecule has 1 aromatic rings. The van der Waals surface area contributed by atoms with E-state index in [0.29, 0.717) is 5.56 Å². The smallest absolute Gasteiger partial charge is 0.340 e. The number of fused-ring (bicyclic) bond motifs is 3. The first-order valence-corrected chi connectivity index (χ1v) is 6.23. The second-order valence-electron chi connectivity index (χ2n) is 5.06. The van der Waals surface area contributed by atoms with Crippen LogP contribution in [-0.2, 0) is 4.74 Å². The van der Waals surface area contributed by atoms with Crippen molar-refractivity contribution in [2.45, 2.75) is 18.4 Å². The molecule has 2 aliphatic rings. The van der Waals surface area contributed by atoms with E-state index in [0.717, 1.165) is 13.2 Å². The van der Waals surface area contributed by atoms with Gasteiger partial charge in [-0.2, -0.15) is 0 Å². The Kier molecular flexibility index (Phi) is 2.86. The summed E-state index contributed by atoms with van der Waals surface area (Å²) in [6, 6.07) is 1.50. The number of ether oxygens (including phenoxy) is 1. The van der Waals surface area contributed by atoms with Gasteiger partial charge in [0.15, 0.2) is 5.96 Å². The van der Waals surface area contributed by atoms with Gasteiger partial charge in [0.25, 0.3) is 5.92 Å². The van der Waals surface area contributed by atoms with E-state index in [1.807, 2.05) is 0 Å². The lowest BCUT2D eigenvalue weighted by Gasteiger charge is -2.30. The predicted molar refractivity (Wildman–Crippen MR) is 68.0 cm³/mol. The van der Waals surface area contributed by atoms with E-state index in [9.17, 15) is 18.0 Å². The summed E-state index contributed by atoms with van der Waals surface area (Å²) in [7, 11) is 1.12. The van der Waals surface area contributed by atoms with Crippen molar-refractivity contribution in [3.63, 3.8) is 0 Å². The largest absolute Gasteiger partial charge is 0.465 e. The Balaban J connectivity index is 2.13. The van der Waals surface area contributed by atoms with E-state index >= 15 is 0 Å². The third kappa shape index (κ3) is 2.10. The number of methoxy groups -OCH3 is 1. The number of hydrogen-bond acceptors (Lipinski definition) is 5. The fourth-order valence-corrected chi connectivity index (χ4v) is 2.73. The molecule has 0 amide bonds. The number of aliphatic imine (C=N–C) groups is 1. The Hall–Kier alpha value is -2.25. The van der Waals surface area contributed by atoms with Gasteiger partial charge in [0.1, 0.15) is 5.82 Å². The Morgan fingerprint density at radius 3 is 2.90 bits per heavy atom. The van der Waals surface area contributed by atoms with E-state index in [1.165, 1.54) is 11.0 Å². The van der Waals surface area contributed by atoms with Gasteiger partial charge in [0.05, 0.1) is 30.9 Å². The van der Waals surface area contributed by atoms with Crippen LogP contribution in [0.4, 0.5) is 18.9 Å². The zero-order valence-corrected chi connectivity index (χ0v) is 11.1. The van der Waals surface area contributed by atoms with Gasteiger partial charge < -0.3 is 15.4 Å². The van der Waals surface area contributed by atoms with Gasteiger partial charge in [0.2, 0.25) is 0 Å². The second-order valence-corrected chi connectivity index (χ2v) is 5.06. The third-order valence-electron chi connectivity index (χ3n) is 3.68. The number of guanidine groups is 1. The van der Waals surface area contributed by atoms with Gasteiger partial charge in [-0.3, -0.25) is 0 Å². The minimum absolute atomic E-state index is 0.0742. The lowest BCUT2D eigenvalue weighted by molar-refractivity contribution is 0.0164. The van der Waals surface area contributed by atoms with Crippen molar-refractivity contribution in [1.29, 1.82) is 0 Å². The molecular weight excluding hydrogens is 287 g/mol. The number of esters is 1. The molecule has 2 N–H and O–H groups in total. The molecule has 2 aliphatic heterocycles. The number of hydrogen-bond donors (Lipinski definition) is 1. The van der Waals surface area contributed by atoms with Crippen LogP contribution < -0.4 is 5.73 Å². The molecule has 0 radical (unpaired) electrons. The van der Waals surface area contributed by atoms with Crippen LogP contribution in [0.15, 0.2) is 17.1 Å². The molecule has 0 aromatic heterocycles. The Labute approximate surface area is 118 Å². The molecule has 8 heteroatoms. The number of rotatable bonds is 1. The first kappa shape index (κ1) is 13.7. The summed E-state index contributed by atoms with van der Waals surface area (Å²) in [4.78, 5) is 16.7. The third-order valence-corrected chi connectivity index (χ3v) is 3.68. The summed E-state index contributed by atoms with van der Waals surface area (Å²) in [5.41, 5.74) is 5.87. The fourth-order valence-electron chi connectivity index (χ4n) is 2.73. The standard InChI is InChI=1S/C13H12F3N3O2/c1-21-11(20)6-2-7-9(3-8(6)14)18-12(17)19-5-13(15,16)4-10(7)19/h2-3,10H,4-5H2,1H3,(H2,17,18)/t10-/m1/s1. The molecule has 0 aliphatic carbocycles. The van der Waals surface area contributed by atoms with Crippen molar-refractivity contribution in [3.05, 3.63) is 29.1 Å². The number of carbonyl (C=O) groups is 1. The zero-order valence-electron chi connectivity index (χ0n) is 11.1. The van der Waals surface area contributed by atoms with Crippen molar-refractivity contribution < 1.29 is 22.7 Å². The van der Waals surface area contributed by atoms with Crippen LogP contribution in [0, 0.1) is 5.82 Å². The number of carbonyl (C=O) groups excluding carboxylic acids is 1. The van der Waals surface area contributed by atoms with Gasteiger partial charge in [-0.15, -0.1) is 0 Å². The van der Waals surface area contributed by atoms with Crippen LogP contribution in [0.3, 0.4) is 0 Å². The maximum atomic E-state index is 13.9. The van der Waals surface area contributed by atoms with Gasteiger partial charge in [0, 0.05) is 18.1 Å². The molecule has 1 saturated heterocycles. The SMILES string of the molecule is COC(=O)c1cc2c(cc1F)N=C(N)N1CC(F)(F)C[C@H]21. The lowest BCUT2D eigenvalue weighted by Crippen LogP contribution is -2.40. The summed E-state index contributed by atoms with van der Waals surface area (Å²) < 4.78 is 45.5. The van der Waals surface area contributed by atoms with Gasteiger partial charge in [-0.1, -0.05) is 0 Å². The predicted octanol–water partition coefficient (Wildman–Crippen LogP) is 1.95. The highest BCUT2D eigenvalue weighted by atomic mass is 19.3. The summed E-state index contributed by atoms with van der Waals surface area (Å²) in [6.07, 6.45) is -0.456. The van der Waals surface area contributed by atoms with Gasteiger partial charge in [-0.25, -0.2) is 23.0 Å². The van der Waals surface area contributed by atoms with Crippen molar-refractivity contribution in [2.24, 2.45) is 10.7 Å². The molecule has 0 bridgehead atoms. The maximum Gasteiger partial charge on any atom is 0.340 e. The normalized spacial score (nSPS) is 22.4. The Morgan fingerprint density at radius 2 is 2.24 bits per heavy atom. The molecule has 0 saturated carbocycles. The molecule has 0 unspecified atom stereocenters. The van der Waals surface area contributed by atoms with Crippen LogP contribution >= 0.6 is 0 Å². The average molecular weight is 299 g/mol. The summed E-state index contributed by atoms with van der Waals surface area (Å²) >= 11 is 0. The average Bonchev–Trinajstić information content (AvgIpc) is 2.74. The van der Waals surface area contributed by atoms with Crippen LogP contribution in [-0.4, -0.2) is 36.4 Å². The molecular formula is C13H12F3N3O2. The van der Waals surface area contributed by atoms with Crippen LogP contribution in [0.1, 0.15) is 28.4 Å². The van der Waals surface area contributed by atoms with Crippen LogP contribution in [0.25, 0.3) is 0 Å². The van der Waals surface area contributed by atoms with Crippen molar-refractivity contribution in [3.8, 4) is 0 Å². The summed E-state index contributed by atoms with van der Waals surface area (Å²) in [5.74, 6) is -4.67. The maximum absolute atomic E-state index is 13.9. The summed E-state index contributed by atoms with van der Waals surface area (Å²) in [6.45, 7) is -0.544. The molecule has 1 aromatic carbocycles. The van der Waals surface area contributed by atoms with Gasteiger partial charge in [-0.05, 0) is 6.07 Å². The number of halogens is 3. The molecule has 112 valence electrons. The van der Waals surface area contributed by atoms with Crippen LogP contribution in [0.5, 0.6) is 0 Å². The first-order valence-electron chi connectivity index (χ1n) is 6.23. The lowest BCUT2D eigenvalue weighted by atomic mass is 9.97. The summed E-state index contributed by atoms with van der Waals surface area (Å²) in [5, 5.41) is 0. The highest BCUT2D eigenvalue weighted by Crippen LogP contribution is 2.46. The fraction of sp³-hybridized carbons (Fsp3) is 0.385. The molecule has 1 atom stereocenters. The Morgan fingerprint density at radius 1 is 1.52 bits per heavy atom. The topological polar surface area (TPSA) is 67.9 Å². The zero-order chi connectivity index (χ0) is 15.4. The number of nitrogens with zero attached hydrogens (tertiary/aromatic N) is 2. The number of alkyl halides is 2. The number of nitrogens with two attached hydrogens (primary N) is 1. The highest BCUT2D eigenvalue weighted by molar-refractivity contribution is 5.92. The van der Waals surface area contributed by atoms with E-state index < -0.39 is 36.7 Å². The molecule has 2 heterocycles. The highest BCUT2D eigenvalue weighted by Gasteiger charge is 2.48. The van der Waals surface area contributed by atoms with Crippen molar-refractivity contribution in [1.82, 2.24) is 4.90 Å². The van der Waals surface area contributed by atoms with Gasteiger partial charge >= 0.3 is 5.97 Å². The van der Waals surface area contributed by atoms with E-state index in [4.69, 9.17) is 5.73 Å². The number of benzene rings is 1. The quantitative estimate of drug-likeness (QED) is 0.805. The van der Waals surface area contributed by atoms with Crippen LogP contribution in [0.2, 0.25) is 0 Å². The molecule has 3 rings (SSSR count). The molecule has 5 nitrogen and oxygen atoms in total.